The number of anilines is 1. The molecule has 0 bridgehead atoms. The van der Waals surface area contributed by atoms with Gasteiger partial charge in [-0.2, -0.15) is 0 Å². The fourth-order valence-electron chi connectivity index (χ4n) is 1.83. The second-order valence-corrected chi connectivity index (χ2v) is 5.13. The Morgan fingerprint density at radius 3 is 2.88 bits per heavy atom. The number of nitrogens with zero attached hydrogens (tertiary/aromatic N) is 1. The minimum absolute atomic E-state index is 0.0593. The Morgan fingerprint density at radius 1 is 1.44 bits per heavy atom. The molecule has 2 rings (SSSR count). The molecule has 0 aliphatic carbocycles. The van der Waals surface area contributed by atoms with Crippen molar-refractivity contribution in [2.75, 3.05) is 18.0 Å². The maximum absolute atomic E-state index is 11.8. The van der Waals surface area contributed by atoms with Crippen molar-refractivity contribution >= 4 is 23.2 Å². The van der Waals surface area contributed by atoms with Gasteiger partial charge in [0.1, 0.15) is 0 Å². The molecule has 16 heavy (non-hydrogen) atoms. The summed E-state index contributed by atoms with van der Waals surface area (Å²) in [5, 5.41) is 3.85. The molecule has 1 aromatic rings. The van der Waals surface area contributed by atoms with Crippen LogP contribution in [0.2, 0.25) is 5.02 Å². The van der Waals surface area contributed by atoms with Gasteiger partial charge in [0.05, 0.1) is 6.54 Å². The summed E-state index contributed by atoms with van der Waals surface area (Å²) in [5.74, 6) is 0.0848. The van der Waals surface area contributed by atoms with E-state index in [1.807, 2.05) is 24.3 Å². The van der Waals surface area contributed by atoms with Crippen molar-refractivity contribution in [2.24, 2.45) is 0 Å². The quantitative estimate of drug-likeness (QED) is 0.812. The van der Waals surface area contributed by atoms with Crippen LogP contribution in [0.5, 0.6) is 0 Å². The zero-order chi connectivity index (χ0) is 11.8. The van der Waals surface area contributed by atoms with Crippen LogP contribution in [-0.4, -0.2) is 24.5 Å². The minimum atomic E-state index is -0.0593. The number of amides is 1. The third kappa shape index (κ3) is 2.36. The highest BCUT2D eigenvalue weighted by atomic mass is 35.5. The Kier molecular flexibility index (Phi) is 2.91. The smallest absolute Gasteiger partial charge is 0.241 e. The van der Waals surface area contributed by atoms with Crippen LogP contribution in [0.25, 0.3) is 0 Å². The molecule has 1 fully saturated rings. The van der Waals surface area contributed by atoms with E-state index in [4.69, 9.17) is 11.6 Å². The lowest BCUT2D eigenvalue weighted by atomic mass is 10.0. The number of hydrogen-bond donors (Lipinski definition) is 1. The van der Waals surface area contributed by atoms with Gasteiger partial charge in [-0.05, 0) is 32.0 Å². The second-order valence-electron chi connectivity index (χ2n) is 4.70. The van der Waals surface area contributed by atoms with Crippen LogP contribution in [-0.2, 0) is 4.79 Å². The van der Waals surface area contributed by atoms with Crippen molar-refractivity contribution in [1.82, 2.24) is 5.32 Å². The molecule has 0 atom stereocenters. The van der Waals surface area contributed by atoms with Gasteiger partial charge >= 0.3 is 0 Å². The summed E-state index contributed by atoms with van der Waals surface area (Å²) in [7, 11) is 0. The van der Waals surface area contributed by atoms with Crippen LogP contribution in [0.4, 0.5) is 5.69 Å². The fourth-order valence-corrected chi connectivity index (χ4v) is 2.01. The molecule has 0 radical (unpaired) electrons. The summed E-state index contributed by atoms with van der Waals surface area (Å²) < 4.78 is 0. The van der Waals surface area contributed by atoms with E-state index in [1.54, 1.807) is 4.90 Å². The number of hydrogen-bond acceptors (Lipinski definition) is 2. The maximum atomic E-state index is 11.8. The molecule has 0 aromatic heterocycles. The molecule has 1 aromatic carbocycles. The van der Waals surface area contributed by atoms with Gasteiger partial charge in [0.2, 0.25) is 5.91 Å². The van der Waals surface area contributed by atoms with Gasteiger partial charge in [0.15, 0.2) is 0 Å². The molecule has 1 aliphatic heterocycles. The highest BCUT2D eigenvalue weighted by Crippen LogP contribution is 2.23. The van der Waals surface area contributed by atoms with Crippen LogP contribution in [0.15, 0.2) is 24.3 Å². The van der Waals surface area contributed by atoms with Crippen molar-refractivity contribution in [3.63, 3.8) is 0 Å². The number of halogens is 1. The molecule has 86 valence electrons. The van der Waals surface area contributed by atoms with Gasteiger partial charge in [-0.15, -0.1) is 0 Å². The molecule has 1 saturated heterocycles. The predicted octanol–water partition coefficient (Wildman–Crippen LogP) is 2.05. The van der Waals surface area contributed by atoms with E-state index in [0.29, 0.717) is 18.1 Å². The summed E-state index contributed by atoms with van der Waals surface area (Å²) >= 11 is 5.93. The third-order valence-corrected chi connectivity index (χ3v) is 2.93. The number of piperazine rings is 1. The zero-order valence-corrected chi connectivity index (χ0v) is 10.2. The average Bonchev–Trinajstić information content (AvgIpc) is 2.22. The Labute approximate surface area is 100 Å². The Morgan fingerprint density at radius 2 is 2.19 bits per heavy atom. The van der Waals surface area contributed by atoms with Crippen LogP contribution in [0.1, 0.15) is 13.8 Å². The van der Waals surface area contributed by atoms with Gasteiger partial charge in [0.25, 0.3) is 0 Å². The molecule has 1 amide bonds. The number of rotatable bonds is 1. The first kappa shape index (κ1) is 11.4. The Bertz CT molecular complexity index is 417. The first-order chi connectivity index (χ1) is 7.48. The van der Waals surface area contributed by atoms with Gasteiger partial charge < -0.3 is 10.2 Å². The highest BCUT2D eigenvalue weighted by molar-refractivity contribution is 6.30. The van der Waals surface area contributed by atoms with Gasteiger partial charge in [-0.3, -0.25) is 4.79 Å². The van der Waals surface area contributed by atoms with Gasteiger partial charge in [-0.25, -0.2) is 0 Å². The van der Waals surface area contributed by atoms with Gasteiger partial charge in [-0.1, -0.05) is 17.7 Å². The van der Waals surface area contributed by atoms with E-state index in [9.17, 15) is 4.79 Å². The molecule has 1 aliphatic rings. The van der Waals surface area contributed by atoms with Crippen molar-refractivity contribution in [3.8, 4) is 0 Å². The Balaban J connectivity index is 2.28. The molecule has 1 heterocycles. The molecule has 3 nitrogen and oxygen atoms in total. The Hall–Kier alpha value is -1.06. The first-order valence-corrected chi connectivity index (χ1v) is 5.67. The largest absolute Gasteiger partial charge is 0.309 e. The molecule has 0 spiro atoms. The van der Waals surface area contributed by atoms with Crippen LogP contribution in [0.3, 0.4) is 0 Å². The summed E-state index contributed by atoms with van der Waals surface area (Å²) in [5.41, 5.74) is 0.808. The lowest BCUT2D eigenvalue weighted by molar-refractivity contribution is -0.119. The van der Waals surface area contributed by atoms with E-state index in [2.05, 4.69) is 19.2 Å². The molecule has 0 saturated carbocycles. The van der Waals surface area contributed by atoms with E-state index < -0.39 is 0 Å². The first-order valence-electron chi connectivity index (χ1n) is 5.29. The zero-order valence-electron chi connectivity index (χ0n) is 9.46. The van der Waals surface area contributed by atoms with Crippen LogP contribution >= 0.6 is 11.6 Å². The number of nitrogens with one attached hydrogen (secondary N) is 1. The van der Waals surface area contributed by atoms with Crippen LogP contribution < -0.4 is 10.2 Å². The van der Waals surface area contributed by atoms with Gasteiger partial charge in [0, 0.05) is 22.8 Å². The summed E-state index contributed by atoms with van der Waals surface area (Å²) in [6.07, 6.45) is 0. The third-order valence-electron chi connectivity index (χ3n) is 2.69. The lowest BCUT2D eigenvalue weighted by Crippen LogP contribution is -2.59. The molecular weight excluding hydrogens is 224 g/mol. The molecule has 1 N–H and O–H groups in total. The van der Waals surface area contributed by atoms with E-state index >= 15 is 0 Å². The normalized spacial score (nSPS) is 19.9. The number of carbonyl (C=O) groups excluding carboxylic acids is 1. The van der Waals surface area contributed by atoms with E-state index in [-0.39, 0.29) is 11.4 Å². The fraction of sp³-hybridized carbons (Fsp3) is 0.417. The van der Waals surface area contributed by atoms with E-state index in [1.165, 1.54) is 0 Å². The second kappa shape index (κ2) is 4.07. The summed E-state index contributed by atoms with van der Waals surface area (Å²) in [4.78, 5) is 13.6. The minimum Gasteiger partial charge on any atom is -0.309 e. The predicted molar refractivity (Wildman–Crippen MR) is 65.9 cm³/mol. The van der Waals surface area contributed by atoms with Crippen molar-refractivity contribution in [1.29, 1.82) is 0 Å². The average molecular weight is 239 g/mol. The number of benzene rings is 1. The van der Waals surface area contributed by atoms with Crippen molar-refractivity contribution < 1.29 is 4.79 Å². The monoisotopic (exact) mass is 238 g/mol. The molecule has 0 unspecified atom stereocenters. The number of carbonyl (C=O) groups is 1. The summed E-state index contributed by atoms with van der Waals surface area (Å²) in [6, 6.07) is 7.40. The molecular formula is C12H15ClN2O. The SMILES string of the molecule is CC1(C)CN(c2cccc(Cl)c2)C(=O)CN1. The van der Waals surface area contributed by atoms with E-state index in [0.717, 1.165) is 5.69 Å². The summed E-state index contributed by atoms with van der Waals surface area (Å²) in [6.45, 7) is 5.19. The topological polar surface area (TPSA) is 32.3 Å². The van der Waals surface area contributed by atoms with Crippen LogP contribution in [0, 0.1) is 0 Å². The highest BCUT2D eigenvalue weighted by Gasteiger charge is 2.31. The standard InChI is InChI=1S/C12H15ClN2O/c1-12(2)8-15(11(16)7-14-12)10-5-3-4-9(13)6-10/h3-6,14H,7-8H2,1-2H3. The lowest BCUT2D eigenvalue weighted by Gasteiger charge is -2.38. The van der Waals surface area contributed by atoms with Crippen molar-refractivity contribution in [3.05, 3.63) is 29.3 Å². The molecule has 4 heteroatoms. The van der Waals surface area contributed by atoms with Crippen molar-refractivity contribution in [2.45, 2.75) is 19.4 Å². The maximum Gasteiger partial charge on any atom is 0.241 e.